The summed E-state index contributed by atoms with van der Waals surface area (Å²) in [7, 11) is 0. The van der Waals surface area contributed by atoms with Gasteiger partial charge in [0.15, 0.2) is 0 Å². The first kappa shape index (κ1) is 14.6. The maximum Gasteiger partial charge on any atom is 0.214 e. The molecule has 0 aromatic carbocycles. The Morgan fingerprint density at radius 1 is 1.26 bits per heavy atom. The lowest BCUT2D eigenvalue weighted by Crippen LogP contribution is -2.18. The normalized spacial score (nSPS) is 22.1. The number of imidazole rings is 1. The lowest BCUT2D eigenvalue weighted by molar-refractivity contribution is 0.502. The maximum absolute atomic E-state index is 4.67. The molecule has 0 saturated heterocycles. The molecule has 3 heterocycles. The minimum absolute atomic E-state index is 0.550. The lowest BCUT2D eigenvalue weighted by atomic mass is 10.0. The number of pyridine rings is 1. The third-order valence-corrected chi connectivity index (χ3v) is 5.44. The summed E-state index contributed by atoms with van der Waals surface area (Å²) in [4.78, 5) is 9.74. The molecule has 3 aromatic rings. The average Bonchev–Trinajstić information content (AvgIpc) is 3.04. The maximum atomic E-state index is 4.67. The average molecular weight is 327 g/mol. The molecule has 1 fully saturated rings. The van der Waals surface area contributed by atoms with E-state index in [1.807, 2.05) is 29.0 Å². The highest BCUT2D eigenvalue weighted by atomic mass is 32.1. The van der Waals surface area contributed by atoms with Crippen molar-refractivity contribution in [2.45, 2.75) is 45.1 Å². The molecule has 0 bridgehead atoms. The fourth-order valence-electron chi connectivity index (χ4n) is 3.22. The van der Waals surface area contributed by atoms with Crippen LogP contribution in [-0.2, 0) is 0 Å². The molecular formula is C17H21N5S. The summed E-state index contributed by atoms with van der Waals surface area (Å²) in [6.07, 6.45) is 12.0. The van der Waals surface area contributed by atoms with E-state index in [9.17, 15) is 0 Å². The number of aromatic nitrogens is 4. The highest BCUT2D eigenvalue weighted by molar-refractivity contribution is 7.20. The summed E-state index contributed by atoms with van der Waals surface area (Å²) >= 11 is 1.62. The molecule has 6 heteroatoms. The second-order valence-corrected chi connectivity index (χ2v) is 7.41. The van der Waals surface area contributed by atoms with E-state index in [4.69, 9.17) is 0 Å². The zero-order chi connectivity index (χ0) is 15.6. The number of nitrogens with one attached hydrogen (secondary N) is 1. The van der Waals surface area contributed by atoms with Crippen LogP contribution in [0, 0.1) is 5.92 Å². The molecule has 3 aromatic heterocycles. The third kappa shape index (κ3) is 3.22. The molecule has 5 nitrogen and oxygen atoms in total. The van der Waals surface area contributed by atoms with E-state index in [0.717, 1.165) is 27.3 Å². The lowest BCUT2D eigenvalue weighted by Gasteiger charge is -2.14. The van der Waals surface area contributed by atoms with E-state index in [-0.39, 0.29) is 0 Å². The number of hydrogen-bond acceptors (Lipinski definition) is 5. The van der Waals surface area contributed by atoms with Crippen LogP contribution in [0.25, 0.3) is 16.2 Å². The summed E-state index contributed by atoms with van der Waals surface area (Å²) in [6, 6.07) is 4.50. The number of fused-ring (bicyclic) bond motifs is 1. The minimum Gasteiger partial charge on any atom is -0.357 e. The molecule has 0 amide bonds. The summed E-state index contributed by atoms with van der Waals surface area (Å²) in [5.41, 5.74) is 1.95. The molecule has 0 spiro atoms. The van der Waals surface area contributed by atoms with Crippen LogP contribution in [0.4, 0.5) is 5.13 Å². The fraction of sp³-hybridized carbons (Fsp3) is 0.471. The van der Waals surface area contributed by atoms with Crippen LogP contribution in [0.5, 0.6) is 0 Å². The monoisotopic (exact) mass is 327 g/mol. The predicted octanol–water partition coefficient (Wildman–Crippen LogP) is 4.23. The molecule has 4 rings (SSSR count). The Kier molecular flexibility index (Phi) is 3.99. The summed E-state index contributed by atoms with van der Waals surface area (Å²) < 4.78 is 1.87. The van der Waals surface area contributed by atoms with Gasteiger partial charge in [-0.3, -0.25) is 4.98 Å². The Hall–Kier alpha value is -1.95. The van der Waals surface area contributed by atoms with Gasteiger partial charge in [0.05, 0.1) is 11.9 Å². The van der Waals surface area contributed by atoms with Gasteiger partial charge in [0.2, 0.25) is 10.1 Å². The van der Waals surface area contributed by atoms with E-state index in [2.05, 4.69) is 27.3 Å². The first-order valence-corrected chi connectivity index (χ1v) is 9.13. The molecule has 0 radical (unpaired) electrons. The van der Waals surface area contributed by atoms with Crippen molar-refractivity contribution in [2.24, 2.45) is 5.92 Å². The predicted molar refractivity (Wildman–Crippen MR) is 93.8 cm³/mol. The second-order valence-electron chi connectivity index (χ2n) is 6.46. The standard InChI is InChI=1S/C17H21N5S/c1-12-4-2-6-14(8-7-12)19-16-21-22-11-15(20-17(22)23-16)13-5-3-9-18-10-13/h3,5,9-12,14H,2,4,6-8H2,1H3,(H,19,21). The number of anilines is 1. The molecule has 23 heavy (non-hydrogen) atoms. The van der Waals surface area contributed by atoms with Crippen LogP contribution in [-0.4, -0.2) is 25.6 Å². The van der Waals surface area contributed by atoms with Crippen molar-refractivity contribution < 1.29 is 0 Å². The van der Waals surface area contributed by atoms with E-state index in [1.165, 1.54) is 32.1 Å². The van der Waals surface area contributed by atoms with Gasteiger partial charge in [-0.05, 0) is 37.3 Å². The fourth-order valence-corrected chi connectivity index (χ4v) is 4.08. The van der Waals surface area contributed by atoms with Crippen molar-refractivity contribution in [1.82, 2.24) is 19.6 Å². The van der Waals surface area contributed by atoms with E-state index < -0.39 is 0 Å². The molecule has 2 atom stereocenters. The van der Waals surface area contributed by atoms with E-state index in [1.54, 1.807) is 17.5 Å². The van der Waals surface area contributed by atoms with E-state index in [0.29, 0.717) is 6.04 Å². The Morgan fingerprint density at radius 2 is 2.22 bits per heavy atom. The van der Waals surface area contributed by atoms with Crippen molar-refractivity contribution in [3.63, 3.8) is 0 Å². The molecule has 1 N–H and O–H groups in total. The van der Waals surface area contributed by atoms with Gasteiger partial charge < -0.3 is 5.32 Å². The van der Waals surface area contributed by atoms with Gasteiger partial charge in [0, 0.05) is 24.0 Å². The molecule has 1 saturated carbocycles. The van der Waals surface area contributed by atoms with Gasteiger partial charge in [-0.25, -0.2) is 9.50 Å². The van der Waals surface area contributed by atoms with Crippen LogP contribution >= 0.6 is 11.3 Å². The Bertz CT molecular complexity index is 747. The number of hydrogen-bond donors (Lipinski definition) is 1. The van der Waals surface area contributed by atoms with Gasteiger partial charge in [0.1, 0.15) is 0 Å². The third-order valence-electron chi connectivity index (χ3n) is 4.59. The summed E-state index contributed by atoms with van der Waals surface area (Å²) in [5.74, 6) is 0.859. The van der Waals surface area contributed by atoms with Gasteiger partial charge in [-0.2, -0.15) is 0 Å². The van der Waals surface area contributed by atoms with E-state index >= 15 is 0 Å². The smallest absolute Gasteiger partial charge is 0.214 e. The van der Waals surface area contributed by atoms with Crippen LogP contribution < -0.4 is 5.32 Å². The molecule has 0 aliphatic heterocycles. The van der Waals surface area contributed by atoms with Crippen LogP contribution in [0.2, 0.25) is 0 Å². The first-order chi connectivity index (χ1) is 11.3. The summed E-state index contributed by atoms with van der Waals surface area (Å²) in [6.45, 7) is 2.36. The van der Waals surface area contributed by atoms with Crippen molar-refractivity contribution in [3.8, 4) is 11.3 Å². The number of nitrogens with zero attached hydrogens (tertiary/aromatic N) is 4. The quantitative estimate of drug-likeness (QED) is 0.731. The van der Waals surface area contributed by atoms with Crippen molar-refractivity contribution in [1.29, 1.82) is 0 Å². The topological polar surface area (TPSA) is 55.1 Å². The zero-order valence-electron chi connectivity index (χ0n) is 13.3. The van der Waals surface area contributed by atoms with Crippen LogP contribution in [0.15, 0.2) is 30.7 Å². The first-order valence-electron chi connectivity index (χ1n) is 8.31. The molecule has 120 valence electrons. The van der Waals surface area contributed by atoms with Crippen molar-refractivity contribution >= 4 is 21.4 Å². The van der Waals surface area contributed by atoms with Crippen LogP contribution in [0.3, 0.4) is 0 Å². The Balaban J connectivity index is 1.50. The molecule has 2 unspecified atom stereocenters. The largest absolute Gasteiger partial charge is 0.357 e. The minimum atomic E-state index is 0.550. The highest BCUT2D eigenvalue weighted by Gasteiger charge is 2.18. The van der Waals surface area contributed by atoms with Gasteiger partial charge in [-0.15, -0.1) is 5.10 Å². The highest BCUT2D eigenvalue weighted by Crippen LogP contribution is 2.28. The SMILES string of the molecule is CC1CCCC(Nc2nn3cc(-c4cccnc4)nc3s2)CC1. The Labute approximate surface area is 139 Å². The molecule has 1 aliphatic rings. The van der Waals surface area contributed by atoms with Crippen molar-refractivity contribution in [3.05, 3.63) is 30.7 Å². The Morgan fingerprint density at radius 3 is 3.04 bits per heavy atom. The second kappa shape index (κ2) is 6.28. The zero-order valence-corrected chi connectivity index (χ0v) is 14.1. The van der Waals surface area contributed by atoms with Crippen LogP contribution in [0.1, 0.15) is 39.0 Å². The number of rotatable bonds is 3. The molecular weight excluding hydrogens is 306 g/mol. The van der Waals surface area contributed by atoms with Gasteiger partial charge >= 0.3 is 0 Å². The van der Waals surface area contributed by atoms with Gasteiger partial charge in [-0.1, -0.05) is 31.1 Å². The van der Waals surface area contributed by atoms with Crippen molar-refractivity contribution in [2.75, 3.05) is 5.32 Å². The molecule has 1 aliphatic carbocycles. The van der Waals surface area contributed by atoms with Gasteiger partial charge in [0.25, 0.3) is 0 Å². The summed E-state index contributed by atoms with van der Waals surface area (Å²) in [5, 5.41) is 9.23.